The molecule has 210 valence electrons. The maximum Gasteiger partial charge on any atom is 0.321 e. The number of methoxy groups -OCH3 is 2. The van der Waals surface area contributed by atoms with Crippen LogP contribution in [0.4, 0.5) is 10.5 Å². The molecule has 42 heavy (non-hydrogen) atoms. The molecule has 0 aromatic heterocycles. The fourth-order valence-corrected chi connectivity index (χ4v) is 6.98. The standard InChI is InChI=1S/C33H26ClN3O4S/c1-39-29-15-13-21(17-30(29)40-2)18-31-33(36(32(38)42-31)24-11-7-4-8-12-24)37-27(25-19-23(34)14-16-28(25)41-33)20-26(35-37)22-9-5-3-6-10-22/h3-19,27H,20H2,1-2H3/b31-18-. The van der Waals surface area contributed by atoms with Crippen LogP contribution in [-0.2, 0) is 0 Å². The number of halogens is 1. The Kier molecular flexibility index (Phi) is 6.60. The molecule has 2 unspecified atom stereocenters. The van der Waals surface area contributed by atoms with Crippen LogP contribution in [0, 0.1) is 0 Å². The summed E-state index contributed by atoms with van der Waals surface area (Å²) in [6.07, 6.45) is 2.58. The van der Waals surface area contributed by atoms with E-state index in [1.165, 1.54) is 0 Å². The SMILES string of the molecule is COc1ccc(/C=C2\SC(=O)N(c3ccccc3)C23Oc2ccc(Cl)cc2C2CC(c4ccccc4)=NN23)cc1OC. The number of hydrazone groups is 1. The van der Waals surface area contributed by atoms with Crippen LogP contribution >= 0.6 is 23.4 Å². The molecule has 4 aromatic rings. The average molecular weight is 596 g/mol. The predicted molar refractivity (Wildman–Crippen MR) is 166 cm³/mol. The van der Waals surface area contributed by atoms with Crippen LogP contribution < -0.4 is 19.1 Å². The van der Waals surface area contributed by atoms with Gasteiger partial charge in [-0.3, -0.25) is 4.79 Å². The summed E-state index contributed by atoms with van der Waals surface area (Å²) >= 11 is 7.62. The van der Waals surface area contributed by atoms with E-state index >= 15 is 0 Å². The first-order chi connectivity index (χ1) is 20.5. The van der Waals surface area contributed by atoms with E-state index in [9.17, 15) is 4.79 Å². The van der Waals surface area contributed by atoms with E-state index in [2.05, 4.69) is 0 Å². The number of anilines is 1. The summed E-state index contributed by atoms with van der Waals surface area (Å²) in [5, 5.41) is 7.57. The zero-order valence-electron chi connectivity index (χ0n) is 22.9. The monoisotopic (exact) mass is 595 g/mol. The van der Waals surface area contributed by atoms with Crippen molar-refractivity contribution in [2.24, 2.45) is 5.10 Å². The lowest BCUT2D eigenvalue weighted by Crippen LogP contribution is -2.63. The minimum atomic E-state index is -1.39. The van der Waals surface area contributed by atoms with Gasteiger partial charge in [0.15, 0.2) is 11.5 Å². The molecule has 1 amide bonds. The van der Waals surface area contributed by atoms with Gasteiger partial charge in [-0.05, 0) is 71.4 Å². The molecule has 9 heteroatoms. The van der Waals surface area contributed by atoms with Crippen molar-refractivity contribution in [3.8, 4) is 17.2 Å². The second-order valence-corrected chi connectivity index (χ2v) is 11.5. The third kappa shape index (κ3) is 4.21. The molecule has 7 nitrogen and oxygen atoms in total. The van der Waals surface area contributed by atoms with E-state index < -0.39 is 5.85 Å². The van der Waals surface area contributed by atoms with Crippen LogP contribution in [0.5, 0.6) is 17.2 Å². The van der Waals surface area contributed by atoms with Crippen LogP contribution in [0.25, 0.3) is 6.08 Å². The summed E-state index contributed by atoms with van der Waals surface area (Å²) in [6.45, 7) is 0. The van der Waals surface area contributed by atoms with Gasteiger partial charge in [-0.25, -0.2) is 9.91 Å². The van der Waals surface area contributed by atoms with Crippen LogP contribution in [0.3, 0.4) is 0 Å². The summed E-state index contributed by atoms with van der Waals surface area (Å²) in [5.74, 6) is 0.466. The van der Waals surface area contributed by atoms with Crippen molar-refractivity contribution in [1.29, 1.82) is 0 Å². The number of fused-ring (bicyclic) bond motifs is 4. The predicted octanol–water partition coefficient (Wildman–Crippen LogP) is 7.97. The van der Waals surface area contributed by atoms with Gasteiger partial charge in [-0.2, -0.15) is 5.10 Å². The highest BCUT2D eigenvalue weighted by atomic mass is 35.5. The highest BCUT2D eigenvalue weighted by molar-refractivity contribution is 8.17. The van der Waals surface area contributed by atoms with Crippen molar-refractivity contribution in [3.05, 3.63) is 124 Å². The van der Waals surface area contributed by atoms with E-state index in [4.69, 9.17) is 30.9 Å². The molecule has 1 saturated heterocycles. The first-order valence-electron chi connectivity index (χ1n) is 13.4. The van der Waals surface area contributed by atoms with E-state index in [0.717, 1.165) is 34.2 Å². The molecular formula is C33H26ClN3O4S. The largest absolute Gasteiger partial charge is 0.493 e. The van der Waals surface area contributed by atoms with Gasteiger partial charge < -0.3 is 14.2 Å². The van der Waals surface area contributed by atoms with Gasteiger partial charge in [-0.15, -0.1) is 0 Å². The molecule has 7 rings (SSSR count). The summed E-state index contributed by atoms with van der Waals surface area (Å²) in [7, 11) is 3.20. The number of ether oxygens (including phenoxy) is 3. The minimum Gasteiger partial charge on any atom is -0.493 e. The summed E-state index contributed by atoms with van der Waals surface area (Å²) < 4.78 is 18.0. The molecule has 0 radical (unpaired) electrons. The van der Waals surface area contributed by atoms with Gasteiger partial charge in [0, 0.05) is 17.0 Å². The van der Waals surface area contributed by atoms with Gasteiger partial charge in [0.1, 0.15) is 5.75 Å². The van der Waals surface area contributed by atoms with E-state index in [0.29, 0.717) is 39.3 Å². The first-order valence-corrected chi connectivity index (χ1v) is 14.6. The lowest BCUT2D eigenvalue weighted by atomic mass is 9.95. The number of carbonyl (C=O) groups is 1. The molecule has 3 aliphatic rings. The lowest BCUT2D eigenvalue weighted by molar-refractivity contribution is -0.0763. The highest BCUT2D eigenvalue weighted by Crippen LogP contribution is 2.58. The highest BCUT2D eigenvalue weighted by Gasteiger charge is 2.63. The molecule has 1 fully saturated rings. The fourth-order valence-electron chi connectivity index (χ4n) is 5.74. The number of rotatable bonds is 5. The summed E-state index contributed by atoms with van der Waals surface area (Å²) in [6, 6.07) is 30.7. The molecule has 4 aromatic carbocycles. The van der Waals surface area contributed by atoms with Crippen molar-refractivity contribution in [2.75, 3.05) is 19.1 Å². The number of hydrogen-bond acceptors (Lipinski definition) is 7. The summed E-state index contributed by atoms with van der Waals surface area (Å²) in [4.78, 5) is 16.4. The third-order valence-corrected chi connectivity index (χ3v) is 8.83. The van der Waals surface area contributed by atoms with Crippen LogP contribution in [0.2, 0.25) is 5.02 Å². The van der Waals surface area contributed by atoms with Crippen molar-refractivity contribution in [3.63, 3.8) is 0 Å². The van der Waals surface area contributed by atoms with Crippen molar-refractivity contribution in [1.82, 2.24) is 5.01 Å². The Morgan fingerprint density at radius 1 is 0.952 bits per heavy atom. The van der Waals surface area contributed by atoms with E-state index in [1.54, 1.807) is 19.1 Å². The van der Waals surface area contributed by atoms with Crippen molar-refractivity contribution in [2.45, 2.75) is 18.3 Å². The topological polar surface area (TPSA) is 63.6 Å². The Morgan fingerprint density at radius 2 is 1.69 bits per heavy atom. The Balaban J connectivity index is 1.48. The molecule has 0 aliphatic carbocycles. The average Bonchev–Trinajstić information content (AvgIpc) is 3.59. The molecule has 0 bridgehead atoms. The third-order valence-electron chi connectivity index (χ3n) is 7.63. The number of benzene rings is 4. The van der Waals surface area contributed by atoms with Gasteiger partial charge in [0.2, 0.25) is 0 Å². The van der Waals surface area contributed by atoms with Gasteiger partial charge in [0.25, 0.3) is 5.24 Å². The van der Waals surface area contributed by atoms with Crippen molar-refractivity contribution >= 4 is 46.1 Å². The van der Waals surface area contributed by atoms with Crippen molar-refractivity contribution < 1.29 is 19.0 Å². The van der Waals surface area contributed by atoms with Gasteiger partial charge in [-0.1, -0.05) is 66.2 Å². The Hall–Kier alpha value is -4.40. The molecule has 0 saturated carbocycles. The number of nitrogens with zero attached hydrogens (tertiary/aromatic N) is 3. The van der Waals surface area contributed by atoms with Crippen LogP contribution in [0.15, 0.2) is 107 Å². The number of amides is 1. The van der Waals surface area contributed by atoms with E-state index in [1.807, 2.05) is 108 Å². The van der Waals surface area contributed by atoms with Gasteiger partial charge in [0.05, 0.1) is 36.6 Å². The number of para-hydroxylation sites is 1. The number of thioether (sulfide) groups is 1. The van der Waals surface area contributed by atoms with Crippen LogP contribution in [-0.4, -0.2) is 36.0 Å². The normalized spacial score (nSPS) is 21.7. The Bertz CT molecular complexity index is 1750. The quantitative estimate of drug-likeness (QED) is 0.233. The Morgan fingerprint density at radius 3 is 2.43 bits per heavy atom. The smallest absolute Gasteiger partial charge is 0.321 e. The lowest BCUT2D eigenvalue weighted by Gasteiger charge is -2.49. The number of hydrogen-bond donors (Lipinski definition) is 0. The Labute approximate surface area is 252 Å². The van der Waals surface area contributed by atoms with Gasteiger partial charge >= 0.3 is 5.85 Å². The molecule has 3 heterocycles. The molecule has 3 aliphatic heterocycles. The minimum absolute atomic E-state index is 0.174. The van der Waals surface area contributed by atoms with Crippen LogP contribution in [0.1, 0.15) is 29.2 Å². The van der Waals surface area contributed by atoms with E-state index in [-0.39, 0.29) is 11.3 Å². The molecular weight excluding hydrogens is 570 g/mol. The maximum atomic E-state index is 14.0. The second kappa shape index (κ2) is 10.5. The second-order valence-electron chi connectivity index (χ2n) is 10.0. The molecule has 1 spiro atoms. The molecule has 2 atom stereocenters. The zero-order valence-corrected chi connectivity index (χ0v) is 24.4. The summed E-state index contributed by atoms with van der Waals surface area (Å²) in [5.41, 5.74) is 4.36. The maximum absolute atomic E-state index is 14.0. The number of carbonyl (C=O) groups excluding carboxylic acids is 1. The zero-order chi connectivity index (χ0) is 28.8. The molecule has 0 N–H and O–H groups in total. The first kappa shape index (κ1) is 26.5. The fraction of sp³-hybridized carbons (Fsp3) is 0.152.